The predicted octanol–water partition coefficient (Wildman–Crippen LogP) is 3.59. The average molecular weight is 284 g/mol. The maximum Gasteiger partial charge on any atom is 0.270 e. The van der Waals surface area contributed by atoms with Crippen molar-refractivity contribution < 1.29 is 9.34 Å². The van der Waals surface area contributed by atoms with E-state index in [1.165, 1.54) is 18.2 Å². The van der Waals surface area contributed by atoms with Gasteiger partial charge in [0.25, 0.3) is 5.69 Å². The fraction of sp³-hybridized carbons (Fsp3) is 0. The molecule has 3 aromatic rings. The van der Waals surface area contributed by atoms with Gasteiger partial charge in [-0.2, -0.15) is 0 Å². The first-order chi connectivity index (χ1) is 8.56. The Labute approximate surface area is 109 Å². The number of fused-ring (bicyclic) bond motifs is 3. The number of hydrogen-bond donors (Lipinski definition) is 0. The molecule has 0 bridgehead atoms. The summed E-state index contributed by atoms with van der Waals surface area (Å²) in [6.45, 7) is 0. The van der Waals surface area contributed by atoms with Crippen LogP contribution in [0.5, 0.6) is 0 Å². The van der Waals surface area contributed by atoms with Gasteiger partial charge in [-0.1, -0.05) is 11.6 Å². The van der Waals surface area contributed by atoms with Crippen LogP contribution in [0.4, 0.5) is 5.69 Å². The highest BCUT2D eigenvalue weighted by Crippen LogP contribution is 2.33. The molecule has 0 amide bonds. The van der Waals surface area contributed by atoms with Crippen LogP contribution in [0.3, 0.4) is 0 Å². The fourth-order valence-corrected chi connectivity index (χ4v) is 2.11. The summed E-state index contributed by atoms with van der Waals surface area (Å²) in [6, 6.07) is 4.19. The van der Waals surface area contributed by atoms with Crippen molar-refractivity contribution in [3.8, 4) is 0 Å². The SMILES string of the molecule is O=[N+]([O-])c1ccc2oc3c(Cl)nc(Cl)nc3c2c1. The van der Waals surface area contributed by atoms with Crippen molar-refractivity contribution in [2.24, 2.45) is 0 Å². The first-order valence-corrected chi connectivity index (χ1v) is 5.51. The number of rotatable bonds is 1. The van der Waals surface area contributed by atoms with E-state index in [1.54, 1.807) is 0 Å². The topological polar surface area (TPSA) is 82.1 Å². The van der Waals surface area contributed by atoms with Crippen LogP contribution in [-0.2, 0) is 0 Å². The van der Waals surface area contributed by atoms with E-state index >= 15 is 0 Å². The molecule has 90 valence electrons. The van der Waals surface area contributed by atoms with Crippen molar-refractivity contribution >= 4 is 51.0 Å². The molecule has 3 rings (SSSR count). The summed E-state index contributed by atoms with van der Waals surface area (Å²) in [6.07, 6.45) is 0. The third kappa shape index (κ3) is 1.58. The quantitative estimate of drug-likeness (QED) is 0.295. The van der Waals surface area contributed by atoms with Crippen LogP contribution in [0.15, 0.2) is 22.6 Å². The second-order valence-electron chi connectivity index (χ2n) is 3.50. The largest absolute Gasteiger partial charge is 0.451 e. The van der Waals surface area contributed by atoms with Gasteiger partial charge in [-0.05, 0) is 17.7 Å². The van der Waals surface area contributed by atoms with Crippen LogP contribution in [0.2, 0.25) is 10.4 Å². The lowest BCUT2D eigenvalue weighted by atomic mass is 10.2. The minimum atomic E-state index is -0.497. The molecule has 2 heterocycles. The highest BCUT2D eigenvalue weighted by molar-refractivity contribution is 6.36. The van der Waals surface area contributed by atoms with Crippen LogP contribution in [0.25, 0.3) is 22.1 Å². The zero-order valence-electron chi connectivity index (χ0n) is 8.55. The molecule has 0 saturated carbocycles. The molecule has 0 saturated heterocycles. The van der Waals surface area contributed by atoms with Crippen molar-refractivity contribution in [3.63, 3.8) is 0 Å². The van der Waals surface area contributed by atoms with E-state index in [4.69, 9.17) is 27.6 Å². The van der Waals surface area contributed by atoms with E-state index in [0.717, 1.165) is 0 Å². The molecule has 0 atom stereocenters. The van der Waals surface area contributed by atoms with Crippen molar-refractivity contribution in [2.45, 2.75) is 0 Å². The second-order valence-corrected chi connectivity index (χ2v) is 4.20. The summed E-state index contributed by atoms with van der Waals surface area (Å²) in [7, 11) is 0. The normalized spacial score (nSPS) is 11.2. The zero-order chi connectivity index (χ0) is 12.9. The minimum Gasteiger partial charge on any atom is -0.451 e. The van der Waals surface area contributed by atoms with E-state index in [9.17, 15) is 10.1 Å². The van der Waals surface area contributed by atoms with Crippen LogP contribution in [-0.4, -0.2) is 14.9 Å². The third-order valence-corrected chi connectivity index (χ3v) is 2.86. The summed E-state index contributed by atoms with van der Waals surface area (Å²) >= 11 is 11.6. The Morgan fingerprint density at radius 2 is 2.06 bits per heavy atom. The van der Waals surface area contributed by atoms with Gasteiger partial charge in [0.15, 0.2) is 10.7 Å². The van der Waals surface area contributed by atoms with Gasteiger partial charge in [0.05, 0.1) is 10.3 Å². The molecule has 0 spiro atoms. The molecule has 1 aromatic carbocycles. The van der Waals surface area contributed by atoms with Crippen molar-refractivity contribution in [3.05, 3.63) is 38.8 Å². The first-order valence-electron chi connectivity index (χ1n) is 4.76. The molecule has 0 aliphatic heterocycles. The van der Waals surface area contributed by atoms with Gasteiger partial charge in [-0.3, -0.25) is 10.1 Å². The Morgan fingerprint density at radius 1 is 1.28 bits per heavy atom. The molecule has 0 radical (unpaired) electrons. The maximum atomic E-state index is 10.7. The zero-order valence-corrected chi connectivity index (χ0v) is 10.1. The maximum absolute atomic E-state index is 10.7. The Hall–Kier alpha value is -1.92. The molecular formula is C10H3Cl2N3O3. The van der Waals surface area contributed by atoms with Gasteiger partial charge in [-0.15, -0.1) is 0 Å². The summed E-state index contributed by atoms with van der Waals surface area (Å²) in [5, 5.41) is 11.2. The summed E-state index contributed by atoms with van der Waals surface area (Å²) in [5.41, 5.74) is 1.00. The Bertz CT molecular complexity index is 800. The number of nitrogens with zero attached hydrogens (tertiary/aromatic N) is 3. The first kappa shape index (κ1) is 11.2. The van der Waals surface area contributed by atoms with Crippen molar-refractivity contribution in [2.75, 3.05) is 0 Å². The van der Waals surface area contributed by atoms with Crippen LogP contribution in [0.1, 0.15) is 0 Å². The number of nitro groups is 1. The highest BCUT2D eigenvalue weighted by Gasteiger charge is 2.16. The standard InChI is InChI=1S/C10H3Cl2N3O3/c11-9-8-7(13-10(12)14-9)5-3-4(15(16)17)1-2-6(5)18-8/h1-3H. The molecule has 8 heteroatoms. The van der Waals surface area contributed by atoms with Crippen LogP contribution < -0.4 is 0 Å². The number of non-ortho nitro benzene ring substituents is 1. The molecule has 2 aromatic heterocycles. The molecule has 6 nitrogen and oxygen atoms in total. The number of nitro benzene ring substituents is 1. The minimum absolute atomic E-state index is 0.0401. The molecule has 0 fully saturated rings. The van der Waals surface area contributed by atoms with Crippen molar-refractivity contribution in [1.82, 2.24) is 9.97 Å². The number of furan rings is 1. The molecule has 0 aliphatic carbocycles. The summed E-state index contributed by atoms with van der Waals surface area (Å²) in [5.74, 6) is 0. The Kier molecular flexibility index (Phi) is 2.36. The molecule has 18 heavy (non-hydrogen) atoms. The molecule has 0 aliphatic rings. The lowest BCUT2D eigenvalue weighted by Crippen LogP contribution is -1.87. The van der Waals surface area contributed by atoms with E-state index in [2.05, 4.69) is 9.97 Å². The number of benzene rings is 1. The number of hydrogen-bond acceptors (Lipinski definition) is 5. The lowest BCUT2D eigenvalue weighted by molar-refractivity contribution is -0.384. The fourth-order valence-electron chi connectivity index (χ4n) is 1.69. The van der Waals surface area contributed by atoms with E-state index in [-0.39, 0.29) is 21.7 Å². The summed E-state index contributed by atoms with van der Waals surface area (Å²) in [4.78, 5) is 18.0. The second kappa shape index (κ2) is 3.79. The van der Waals surface area contributed by atoms with E-state index in [0.29, 0.717) is 16.5 Å². The van der Waals surface area contributed by atoms with Gasteiger partial charge in [-0.25, -0.2) is 9.97 Å². The average Bonchev–Trinajstić information content (AvgIpc) is 2.67. The number of halogens is 2. The van der Waals surface area contributed by atoms with Crippen molar-refractivity contribution in [1.29, 1.82) is 0 Å². The van der Waals surface area contributed by atoms with Gasteiger partial charge < -0.3 is 4.42 Å². The lowest BCUT2D eigenvalue weighted by Gasteiger charge is -1.92. The predicted molar refractivity (Wildman–Crippen MR) is 66.0 cm³/mol. The van der Waals surface area contributed by atoms with Crippen LogP contribution in [0, 0.1) is 10.1 Å². The smallest absolute Gasteiger partial charge is 0.270 e. The molecule has 0 unspecified atom stereocenters. The third-order valence-electron chi connectivity index (χ3n) is 2.44. The monoisotopic (exact) mass is 283 g/mol. The Balaban J connectivity index is 2.47. The van der Waals surface area contributed by atoms with Gasteiger partial charge in [0.2, 0.25) is 5.28 Å². The van der Waals surface area contributed by atoms with Gasteiger partial charge >= 0.3 is 0 Å². The van der Waals surface area contributed by atoms with E-state index < -0.39 is 4.92 Å². The Morgan fingerprint density at radius 3 is 2.78 bits per heavy atom. The molecular weight excluding hydrogens is 281 g/mol. The van der Waals surface area contributed by atoms with Gasteiger partial charge in [0, 0.05) is 12.1 Å². The highest BCUT2D eigenvalue weighted by atomic mass is 35.5. The summed E-state index contributed by atoms with van der Waals surface area (Å²) < 4.78 is 5.43. The number of aromatic nitrogens is 2. The van der Waals surface area contributed by atoms with Gasteiger partial charge in [0.1, 0.15) is 11.1 Å². The van der Waals surface area contributed by atoms with Crippen LogP contribution >= 0.6 is 23.2 Å². The molecule has 0 N–H and O–H groups in total. The van der Waals surface area contributed by atoms with E-state index in [1.807, 2.05) is 0 Å².